The van der Waals surface area contributed by atoms with Gasteiger partial charge in [-0.3, -0.25) is 9.59 Å². The second-order valence-electron chi connectivity index (χ2n) is 5.73. The predicted octanol–water partition coefficient (Wildman–Crippen LogP) is 2.59. The Bertz CT molecular complexity index is 557. The number of likely N-dealkylation sites (tertiary alicyclic amines) is 1. The molecule has 0 saturated carbocycles. The number of rotatable bonds is 4. The first-order valence-corrected chi connectivity index (χ1v) is 7.78. The number of methoxy groups -OCH3 is 1. The molecule has 1 heterocycles. The Morgan fingerprint density at radius 3 is 2.86 bits per heavy atom. The van der Waals surface area contributed by atoms with Crippen LogP contribution in [0.3, 0.4) is 0 Å². The molecule has 120 valence electrons. The quantitative estimate of drug-likeness (QED) is 0.930. The summed E-state index contributed by atoms with van der Waals surface area (Å²) in [6, 6.07) is 5.68. The maximum Gasteiger partial charge on any atom is 0.229 e. The number of aryl methyl sites for hydroxylation is 1. The molecule has 1 unspecified atom stereocenters. The van der Waals surface area contributed by atoms with Crippen LogP contribution in [0.15, 0.2) is 18.2 Å². The molecule has 1 aliphatic heterocycles. The van der Waals surface area contributed by atoms with Gasteiger partial charge in [-0.1, -0.05) is 13.0 Å². The number of piperidine rings is 1. The van der Waals surface area contributed by atoms with E-state index in [2.05, 4.69) is 5.32 Å². The Labute approximate surface area is 131 Å². The van der Waals surface area contributed by atoms with Gasteiger partial charge in [-0.2, -0.15) is 0 Å². The van der Waals surface area contributed by atoms with Gasteiger partial charge in [0.15, 0.2) is 0 Å². The number of anilines is 1. The van der Waals surface area contributed by atoms with Gasteiger partial charge in [-0.15, -0.1) is 0 Å². The molecule has 22 heavy (non-hydrogen) atoms. The van der Waals surface area contributed by atoms with Crippen LogP contribution in [-0.2, 0) is 9.59 Å². The average Bonchev–Trinajstić information content (AvgIpc) is 2.55. The van der Waals surface area contributed by atoms with Gasteiger partial charge in [0.1, 0.15) is 5.75 Å². The number of carbonyl (C=O) groups is 2. The molecule has 5 heteroatoms. The largest absolute Gasteiger partial charge is 0.495 e. The van der Waals surface area contributed by atoms with Crippen molar-refractivity contribution in [3.63, 3.8) is 0 Å². The van der Waals surface area contributed by atoms with Gasteiger partial charge in [0.25, 0.3) is 0 Å². The Hall–Kier alpha value is -2.04. The van der Waals surface area contributed by atoms with Gasteiger partial charge in [0, 0.05) is 19.5 Å². The highest BCUT2D eigenvalue weighted by molar-refractivity contribution is 5.94. The molecule has 0 aromatic heterocycles. The molecule has 1 aromatic carbocycles. The van der Waals surface area contributed by atoms with Crippen LogP contribution in [0.1, 0.15) is 31.7 Å². The van der Waals surface area contributed by atoms with E-state index < -0.39 is 0 Å². The average molecular weight is 304 g/mol. The molecule has 1 fully saturated rings. The van der Waals surface area contributed by atoms with E-state index in [0.29, 0.717) is 24.4 Å². The topological polar surface area (TPSA) is 58.6 Å². The van der Waals surface area contributed by atoms with Crippen molar-refractivity contribution in [2.45, 2.75) is 33.1 Å². The van der Waals surface area contributed by atoms with E-state index >= 15 is 0 Å². The second kappa shape index (κ2) is 7.29. The minimum absolute atomic E-state index is 0.0456. The number of benzene rings is 1. The molecule has 1 aliphatic rings. The monoisotopic (exact) mass is 304 g/mol. The van der Waals surface area contributed by atoms with Crippen molar-refractivity contribution in [1.29, 1.82) is 0 Å². The smallest absolute Gasteiger partial charge is 0.229 e. The summed E-state index contributed by atoms with van der Waals surface area (Å²) in [5.41, 5.74) is 1.75. The van der Waals surface area contributed by atoms with Crippen molar-refractivity contribution in [1.82, 2.24) is 4.90 Å². The van der Waals surface area contributed by atoms with Gasteiger partial charge >= 0.3 is 0 Å². The lowest BCUT2D eigenvalue weighted by atomic mass is 9.96. The summed E-state index contributed by atoms with van der Waals surface area (Å²) in [4.78, 5) is 26.1. The van der Waals surface area contributed by atoms with Gasteiger partial charge in [0.05, 0.1) is 18.7 Å². The minimum Gasteiger partial charge on any atom is -0.495 e. The van der Waals surface area contributed by atoms with E-state index in [1.165, 1.54) is 0 Å². The Balaban J connectivity index is 2.04. The lowest BCUT2D eigenvalue weighted by molar-refractivity contribution is -0.134. The summed E-state index contributed by atoms with van der Waals surface area (Å²) in [5.74, 6) is 0.571. The zero-order valence-electron chi connectivity index (χ0n) is 13.5. The van der Waals surface area contributed by atoms with E-state index in [1.807, 2.05) is 32.0 Å². The molecule has 1 saturated heterocycles. The Morgan fingerprint density at radius 2 is 2.18 bits per heavy atom. The molecule has 2 rings (SSSR count). The Morgan fingerprint density at radius 1 is 1.41 bits per heavy atom. The zero-order valence-corrected chi connectivity index (χ0v) is 13.5. The number of nitrogens with zero attached hydrogens (tertiary/aromatic N) is 1. The minimum atomic E-state index is -0.157. The van der Waals surface area contributed by atoms with Crippen molar-refractivity contribution in [2.75, 3.05) is 25.5 Å². The first kappa shape index (κ1) is 16.3. The van der Waals surface area contributed by atoms with Crippen molar-refractivity contribution in [3.8, 4) is 5.75 Å². The van der Waals surface area contributed by atoms with Crippen LogP contribution in [0.25, 0.3) is 0 Å². The molecule has 1 atom stereocenters. The fourth-order valence-corrected chi connectivity index (χ4v) is 2.78. The predicted molar refractivity (Wildman–Crippen MR) is 86.0 cm³/mol. The number of amides is 2. The second-order valence-corrected chi connectivity index (χ2v) is 5.73. The molecule has 5 nitrogen and oxygen atoms in total. The summed E-state index contributed by atoms with van der Waals surface area (Å²) in [6.45, 7) is 5.09. The lowest BCUT2D eigenvalue weighted by Crippen LogP contribution is -2.43. The van der Waals surface area contributed by atoms with Crippen LogP contribution in [0, 0.1) is 12.8 Å². The fraction of sp³-hybridized carbons (Fsp3) is 0.529. The molecule has 2 amide bonds. The molecule has 0 spiro atoms. The molecule has 0 aliphatic carbocycles. The first-order chi connectivity index (χ1) is 10.5. The lowest BCUT2D eigenvalue weighted by Gasteiger charge is -2.32. The Kier molecular flexibility index (Phi) is 5.41. The van der Waals surface area contributed by atoms with Crippen LogP contribution in [0.4, 0.5) is 5.69 Å². The third-order valence-electron chi connectivity index (χ3n) is 4.06. The molecule has 0 bridgehead atoms. The van der Waals surface area contributed by atoms with E-state index in [9.17, 15) is 9.59 Å². The molecule has 0 radical (unpaired) electrons. The fourth-order valence-electron chi connectivity index (χ4n) is 2.78. The maximum absolute atomic E-state index is 12.5. The highest BCUT2D eigenvalue weighted by atomic mass is 16.5. The molecule has 1 aromatic rings. The highest BCUT2D eigenvalue weighted by Gasteiger charge is 2.28. The van der Waals surface area contributed by atoms with Crippen LogP contribution in [-0.4, -0.2) is 36.9 Å². The maximum atomic E-state index is 12.5. The summed E-state index contributed by atoms with van der Waals surface area (Å²) in [6.07, 6.45) is 2.17. The van der Waals surface area contributed by atoms with Crippen molar-refractivity contribution in [2.24, 2.45) is 5.92 Å². The van der Waals surface area contributed by atoms with Gasteiger partial charge in [-0.05, 0) is 37.5 Å². The van der Waals surface area contributed by atoms with Crippen molar-refractivity contribution >= 4 is 17.5 Å². The standard InChI is InChI=1S/C17H24N2O3/c1-4-16(20)19-9-5-6-13(11-19)17(21)18-14-8-7-12(2)10-15(14)22-3/h7-8,10,13H,4-6,9,11H2,1-3H3,(H,18,21). The molecular formula is C17H24N2O3. The van der Waals surface area contributed by atoms with E-state index in [1.54, 1.807) is 12.0 Å². The van der Waals surface area contributed by atoms with Crippen LogP contribution in [0.5, 0.6) is 5.75 Å². The van der Waals surface area contributed by atoms with Gasteiger partial charge in [0.2, 0.25) is 11.8 Å². The normalized spacial score (nSPS) is 18.0. The highest BCUT2D eigenvalue weighted by Crippen LogP contribution is 2.27. The molecule has 1 N–H and O–H groups in total. The van der Waals surface area contributed by atoms with Crippen LogP contribution in [0.2, 0.25) is 0 Å². The molecular weight excluding hydrogens is 280 g/mol. The third kappa shape index (κ3) is 3.78. The first-order valence-electron chi connectivity index (χ1n) is 7.78. The third-order valence-corrected chi connectivity index (χ3v) is 4.06. The van der Waals surface area contributed by atoms with Crippen molar-refractivity contribution < 1.29 is 14.3 Å². The van der Waals surface area contributed by atoms with Crippen LogP contribution >= 0.6 is 0 Å². The summed E-state index contributed by atoms with van der Waals surface area (Å²) in [7, 11) is 1.59. The summed E-state index contributed by atoms with van der Waals surface area (Å²) in [5, 5.41) is 2.93. The van der Waals surface area contributed by atoms with E-state index in [4.69, 9.17) is 4.74 Å². The van der Waals surface area contributed by atoms with E-state index in [-0.39, 0.29) is 17.7 Å². The number of ether oxygens (including phenoxy) is 1. The number of hydrogen-bond donors (Lipinski definition) is 1. The summed E-state index contributed by atoms with van der Waals surface area (Å²) < 4.78 is 5.31. The van der Waals surface area contributed by atoms with Crippen LogP contribution < -0.4 is 10.1 Å². The van der Waals surface area contributed by atoms with E-state index in [0.717, 1.165) is 24.9 Å². The number of nitrogens with one attached hydrogen (secondary N) is 1. The number of hydrogen-bond acceptors (Lipinski definition) is 3. The number of carbonyl (C=O) groups excluding carboxylic acids is 2. The summed E-state index contributed by atoms with van der Waals surface area (Å²) >= 11 is 0. The van der Waals surface area contributed by atoms with Gasteiger partial charge < -0.3 is 15.0 Å². The van der Waals surface area contributed by atoms with Gasteiger partial charge in [-0.25, -0.2) is 0 Å². The SMILES string of the molecule is CCC(=O)N1CCCC(C(=O)Nc2ccc(C)cc2OC)C1. The zero-order chi connectivity index (χ0) is 16.1. The van der Waals surface area contributed by atoms with Crippen molar-refractivity contribution in [3.05, 3.63) is 23.8 Å².